The molecule has 3 aliphatic heterocycles. The second-order valence-electron chi connectivity index (χ2n) is 12.5. The lowest BCUT2D eigenvalue weighted by molar-refractivity contribution is -0.154. The fourth-order valence-corrected chi connectivity index (χ4v) is 7.82. The highest BCUT2D eigenvalue weighted by Crippen LogP contribution is 2.55. The molecule has 10 heteroatoms. The highest BCUT2D eigenvalue weighted by atomic mass is 19.4. The number of fused-ring (bicyclic) bond motifs is 1. The van der Waals surface area contributed by atoms with Crippen molar-refractivity contribution in [1.29, 1.82) is 0 Å². The summed E-state index contributed by atoms with van der Waals surface area (Å²) >= 11 is 0. The number of likely N-dealkylation sites (tertiary alicyclic amines) is 1. The molecule has 41 heavy (non-hydrogen) atoms. The quantitative estimate of drug-likeness (QED) is 0.422. The zero-order chi connectivity index (χ0) is 29.4. The van der Waals surface area contributed by atoms with Gasteiger partial charge in [0.05, 0.1) is 11.6 Å². The number of urea groups is 1. The van der Waals surface area contributed by atoms with Gasteiger partial charge in [-0.2, -0.15) is 13.2 Å². The molecule has 1 aromatic rings. The predicted molar refractivity (Wildman–Crippen MR) is 150 cm³/mol. The maximum absolute atomic E-state index is 13.7. The molecule has 226 valence electrons. The van der Waals surface area contributed by atoms with Gasteiger partial charge in [0.25, 0.3) is 0 Å². The fourth-order valence-electron chi connectivity index (χ4n) is 7.82. The van der Waals surface area contributed by atoms with Crippen LogP contribution >= 0.6 is 0 Å². The van der Waals surface area contributed by atoms with Gasteiger partial charge in [-0.25, -0.2) is 4.79 Å². The predicted octanol–water partition coefficient (Wildman–Crippen LogP) is 5.50. The van der Waals surface area contributed by atoms with Crippen molar-refractivity contribution in [2.45, 2.75) is 89.1 Å². The molecule has 3 unspecified atom stereocenters. The second-order valence-corrected chi connectivity index (χ2v) is 12.5. The third-order valence-corrected chi connectivity index (χ3v) is 9.43. The Labute approximate surface area is 241 Å². The highest BCUT2D eigenvalue weighted by molar-refractivity contribution is 5.79. The van der Waals surface area contributed by atoms with Crippen LogP contribution in [0.25, 0.3) is 0 Å². The Kier molecular flexibility index (Phi) is 8.60. The third kappa shape index (κ3) is 6.22. The van der Waals surface area contributed by atoms with Crippen molar-refractivity contribution in [2.24, 2.45) is 11.8 Å². The number of ether oxygens (including phenoxy) is 1. The fraction of sp³-hybridized carbons (Fsp3) is 0.677. The summed E-state index contributed by atoms with van der Waals surface area (Å²) < 4.78 is 44.2. The SMILES string of the molecule is C/C=C1\C2CC3(CC2N1CC[C@H](NC(=O)CC(F)(F)F)c1ccccc1)CN(CC1CCOCC1)C(=O)N3C(C)C. The first kappa shape index (κ1) is 29.7. The van der Waals surface area contributed by atoms with Crippen LogP contribution in [0, 0.1) is 11.8 Å². The van der Waals surface area contributed by atoms with Crippen molar-refractivity contribution in [3.8, 4) is 0 Å². The van der Waals surface area contributed by atoms with Crippen LogP contribution in [0.2, 0.25) is 0 Å². The molecule has 1 aromatic carbocycles. The highest BCUT2D eigenvalue weighted by Gasteiger charge is 2.62. The minimum absolute atomic E-state index is 0.0912. The van der Waals surface area contributed by atoms with E-state index in [-0.39, 0.29) is 23.7 Å². The first-order chi connectivity index (χ1) is 19.5. The Morgan fingerprint density at radius 3 is 2.51 bits per heavy atom. The van der Waals surface area contributed by atoms with E-state index in [1.54, 1.807) is 0 Å². The summed E-state index contributed by atoms with van der Waals surface area (Å²) in [5.74, 6) is -0.187. The lowest BCUT2D eigenvalue weighted by Crippen LogP contribution is -2.52. The number of carbonyl (C=O) groups is 2. The van der Waals surface area contributed by atoms with Crippen molar-refractivity contribution in [2.75, 3.05) is 32.8 Å². The molecule has 3 amide bonds. The van der Waals surface area contributed by atoms with Gasteiger partial charge in [0.1, 0.15) is 6.42 Å². The largest absolute Gasteiger partial charge is 0.397 e. The molecule has 4 fully saturated rings. The monoisotopic (exact) mass is 576 g/mol. The summed E-state index contributed by atoms with van der Waals surface area (Å²) in [5.41, 5.74) is 1.80. The Bertz CT molecular complexity index is 1120. The van der Waals surface area contributed by atoms with E-state index in [9.17, 15) is 22.8 Å². The van der Waals surface area contributed by atoms with Crippen molar-refractivity contribution in [1.82, 2.24) is 20.0 Å². The molecule has 0 bridgehead atoms. The number of benzene rings is 1. The minimum atomic E-state index is -4.55. The molecule has 1 N–H and O–H groups in total. The summed E-state index contributed by atoms with van der Waals surface area (Å²) in [4.78, 5) is 32.5. The number of nitrogens with one attached hydrogen (secondary N) is 1. The smallest absolute Gasteiger partial charge is 0.381 e. The van der Waals surface area contributed by atoms with Gasteiger partial charge >= 0.3 is 12.2 Å². The number of hydrogen-bond acceptors (Lipinski definition) is 4. The molecule has 0 radical (unpaired) electrons. The molecule has 5 rings (SSSR count). The summed E-state index contributed by atoms with van der Waals surface area (Å²) in [6.07, 6.45) is 0.361. The Morgan fingerprint density at radius 2 is 1.88 bits per heavy atom. The average Bonchev–Trinajstić information content (AvgIpc) is 3.37. The van der Waals surface area contributed by atoms with Crippen LogP contribution in [0.15, 0.2) is 42.1 Å². The van der Waals surface area contributed by atoms with E-state index in [4.69, 9.17) is 4.74 Å². The van der Waals surface area contributed by atoms with Gasteiger partial charge < -0.3 is 24.8 Å². The molecule has 1 spiro atoms. The van der Waals surface area contributed by atoms with E-state index < -0.39 is 24.5 Å². The molecular formula is C31H43F3N4O3. The van der Waals surface area contributed by atoms with E-state index >= 15 is 0 Å². The van der Waals surface area contributed by atoms with E-state index in [0.717, 1.165) is 57.6 Å². The molecule has 4 aliphatic rings. The molecular weight excluding hydrogens is 533 g/mol. The number of allylic oxidation sites excluding steroid dienone is 1. The normalized spacial score (nSPS) is 28.5. The summed E-state index contributed by atoms with van der Waals surface area (Å²) in [6, 6.07) is 9.18. The maximum atomic E-state index is 13.7. The molecule has 0 aromatic heterocycles. The van der Waals surface area contributed by atoms with Gasteiger partial charge in [0, 0.05) is 56.5 Å². The zero-order valence-electron chi connectivity index (χ0n) is 24.3. The van der Waals surface area contributed by atoms with Crippen LogP contribution < -0.4 is 5.32 Å². The lowest BCUT2D eigenvalue weighted by atomic mass is 9.85. The molecule has 3 heterocycles. The number of amides is 3. The topological polar surface area (TPSA) is 65.1 Å². The lowest BCUT2D eigenvalue weighted by Gasteiger charge is -2.49. The van der Waals surface area contributed by atoms with Gasteiger partial charge in [-0.15, -0.1) is 0 Å². The van der Waals surface area contributed by atoms with E-state index in [2.05, 4.69) is 39.9 Å². The number of halogens is 3. The first-order valence-electron chi connectivity index (χ1n) is 15.0. The van der Waals surface area contributed by atoms with Gasteiger partial charge in [-0.1, -0.05) is 36.4 Å². The minimum Gasteiger partial charge on any atom is -0.381 e. The number of nitrogens with zero attached hydrogens (tertiary/aromatic N) is 3. The number of rotatable bonds is 9. The molecule has 3 saturated heterocycles. The Balaban J connectivity index is 1.29. The summed E-state index contributed by atoms with van der Waals surface area (Å²) in [6.45, 7) is 9.87. The van der Waals surface area contributed by atoms with Crippen molar-refractivity contribution in [3.63, 3.8) is 0 Å². The maximum Gasteiger partial charge on any atom is 0.397 e. The average molecular weight is 577 g/mol. The van der Waals surface area contributed by atoms with Gasteiger partial charge in [0.15, 0.2) is 0 Å². The van der Waals surface area contributed by atoms with Gasteiger partial charge in [0.2, 0.25) is 5.91 Å². The molecule has 1 aliphatic carbocycles. The molecule has 4 atom stereocenters. The van der Waals surface area contributed by atoms with Crippen molar-refractivity contribution < 1.29 is 27.5 Å². The standard InChI is InChI=1S/C31H43F3N4O3/c1-4-26-24-16-30(20-36(29(40)38(30)21(2)3)19-22-11-14-41-15-12-22)17-27(24)37(26)13-10-25(23-8-6-5-7-9-23)35-28(39)18-31(32,33)34/h4-9,21-22,24-25,27H,10-20H2,1-3H3,(H,35,39)/b26-4+/t24?,25-,27?,30?/m0/s1. The van der Waals surface area contributed by atoms with Crippen LogP contribution in [-0.4, -0.2) is 83.3 Å². The number of alkyl halides is 3. The van der Waals surface area contributed by atoms with Crippen molar-refractivity contribution in [3.05, 3.63) is 47.7 Å². The molecule has 1 saturated carbocycles. The number of carbonyl (C=O) groups excluding carboxylic acids is 2. The van der Waals surface area contributed by atoms with Gasteiger partial charge in [-0.05, 0) is 64.4 Å². The van der Waals surface area contributed by atoms with E-state index in [1.165, 1.54) is 5.70 Å². The van der Waals surface area contributed by atoms with E-state index in [1.807, 2.05) is 37.3 Å². The van der Waals surface area contributed by atoms with Crippen LogP contribution in [0.1, 0.15) is 70.9 Å². The van der Waals surface area contributed by atoms with Gasteiger partial charge in [-0.3, -0.25) is 4.79 Å². The summed E-state index contributed by atoms with van der Waals surface area (Å²) in [5, 5.41) is 2.63. The van der Waals surface area contributed by atoms with Crippen LogP contribution in [0.4, 0.5) is 18.0 Å². The molecule has 7 nitrogen and oxygen atoms in total. The first-order valence-corrected chi connectivity index (χ1v) is 15.0. The summed E-state index contributed by atoms with van der Waals surface area (Å²) in [7, 11) is 0. The third-order valence-electron chi connectivity index (χ3n) is 9.43. The Hall–Kier alpha value is -2.75. The van der Waals surface area contributed by atoms with E-state index in [0.29, 0.717) is 24.8 Å². The van der Waals surface area contributed by atoms with Crippen molar-refractivity contribution >= 4 is 11.9 Å². The zero-order valence-corrected chi connectivity index (χ0v) is 24.3. The number of hydrogen-bond donors (Lipinski definition) is 1. The van der Waals surface area contributed by atoms with Crippen LogP contribution in [0.5, 0.6) is 0 Å². The Morgan fingerprint density at radius 1 is 1.17 bits per heavy atom. The van der Waals surface area contributed by atoms with Crippen LogP contribution in [0.3, 0.4) is 0 Å². The van der Waals surface area contributed by atoms with Crippen LogP contribution in [-0.2, 0) is 9.53 Å². The second kappa shape index (κ2) is 11.9.